The molecule has 0 unspecified atom stereocenters. The van der Waals surface area contributed by atoms with Gasteiger partial charge in [0, 0.05) is 50.6 Å². The van der Waals surface area contributed by atoms with E-state index in [2.05, 4.69) is 30.6 Å². The number of rotatable bonds is 10. The molecule has 12 nitrogen and oxygen atoms in total. The van der Waals surface area contributed by atoms with Gasteiger partial charge in [-0.1, -0.05) is 0 Å². The number of carbonyl (C=O) groups is 4. The summed E-state index contributed by atoms with van der Waals surface area (Å²) in [6.45, 7) is 0.984. The summed E-state index contributed by atoms with van der Waals surface area (Å²) in [5, 5.41) is 5.07. The molecule has 4 amide bonds. The van der Waals surface area contributed by atoms with Gasteiger partial charge in [0.2, 0.25) is 23.6 Å². The molecule has 2 atom stereocenters. The molecule has 2 heterocycles. The van der Waals surface area contributed by atoms with Crippen molar-refractivity contribution in [2.45, 2.75) is 31.8 Å². The van der Waals surface area contributed by atoms with Crippen molar-refractivity contribution in [3.63, 3.8) is 0 Å². The first-order valence-electron chi connectivity index (χ1n) is 8.81. The highest BCUT2D eigenvalue weighted by Crippen LogP contribution is 2.03. The predicted octanol–water partition coefficient (Wildman–Crippen LogP) is -2.15. The van der Waals surface area contributed by atoms with Gasteiger partial charge >= 0.3 is 0 Å². The van der Waals surface area contributed by atoms with Crippen LogP contribution in [0.15, 0.2) is 25.0 Å². The van der Waals surface area contributed by atoms with E-state index < -0.39 is 29.8 Å². The van der Waals surface area contributed by atoms with Crippen LogP contribution in [0.1, 0.15) is 18.3 Å². The van der Waals surface area contributed by atoms with Gasteiger partial charge in [0.15, 0.2) is 0 Å². The molecule has 2 aromatic rings. The molecule has 0 aliphatic rings. The third-order valence-corrected chi connectivity index (χ3v) is 4.07. The minimum absolute atomic E-state index is 0.146. The molecule has 0 saturated heterocycles. The van der Waals surface area contributed by atoms with Crippen LogP contribution in [0.25, 0.3) is 0 Å². The number of likely N-dealkylation sites (N-methyl/N-ethyl adjacent to an activating group) is 1. The fourth-order valence-corrected chi connectivity index (χ4v) is 2.70. The summed E-state index contributed by atoms with van der Waals surface area (Å²) in [4.78, 5) is 62.7. The topological polar surface area (TPSA) is 179 Å². The highest BCUT2D eigenvalue weighted by molar-refractivity contribution is 5.92. The van der Waals surface area contributed by atoms with E-state index >= 15 is 0 Å². The van der Waals surface area contributed by atoms with Crippen LogP contribution in [0.2, 0.25) is 0 Å². The summed E-state index contributed by atoms with van der Waals surface area (Å²) in [6, 6.07) is -1.83. The largest absolute Gasteiger partial charge is 0.368 e. The van der Waals surface area contributed by atoms with Crippen LogP contribution in [0.3, 0.4) is 0 Å². The molecule has 2 aromatic heterocycles. The molecule has 29 heavy (non-hydrogen) atoms. The Balaban J connectivity index is 1.96. The van der Waals surface area contributed by atoms with Gasteiger partial charge < -0.3 is 31.2 Å². The van der Waals surface area contributed by atoms with Gasteiger partial charge in [0.05, 0.1) is 19.2 Å². The fraction of sp³-hybridized carbons (Fsp3) is 0.412. The first-order chi connectivity index (χ1) is 13.8. The van der Waals surface area contributed by atoms with Crippen LogP contribution in [0.5, 0.6) is 0 Å². The third-order valence-electron chi connectivity index (χ3n) is 4.07. The van der Waals surface area contributed by atoms with E-state index in [0.29, 0.717) is 11.4 Å². The minimum atomic E-state index is -0.956. The number of hydrogen-bond donors (Lipinski definition) is 5. The third kappa shape index (κ3) is 6.75. The number of primary amides is 1. The van der Waals surface area contributed by atoms with Gasteiger partial charge in [-0.05, 0) is 0 Å². The van der Waals surface area contributed by atoms with Gasteiger partial charge in [-0.3, -0.25) is 19.2 Å². The number of H-pyrrole nitrogens is 2. The van der Waals surface area contributed by atoms with E-state index in [4.69, 9.17) is 5.73 Å². The number of nitrogens with one attached hydrogen (secondary N) is 4. The molecule has 0 radical (unpaired) electrons. The molecule has 2 rings (SSSR count). The van der Waals surface area contributed by atoms with Gasteiger partial charge in [-0.15, -0.1) is 0 Å². The number of nitrogens with zero attached hydrogens (tertiary/aromatic N) is 3. The molecule has 0 bridgehead atoms. The molecule has 0 aromatic carbocycles. The summed E-state index contributed by atoms with van der Waals surface area (Å²) >= 11 is 0. The summed E-state index contributed by atoms with van der Waals surface area (Å²) in [6.07, 6.45) is 6.31. The van der Waals surface area contributed by atoms with Crippen molar-refractivity contribution in [3.8, 4) is 0 Å². The second kappa shape index (κ2) is 10.0. The molecule has 12 heteroatoms. The smallest absolute Gasteiger partial charge is 0.245 e. The lowest BCUT2D eigenvalue weighted by molar-refractivity contribution is -0.138. The van der Waals surface area contributed by atoms with E-state index in [1.807, 2.05) is 0 Å². The minimum Gasteiger partial charge on any atom is -0.368 e. The average Bonchev–Trinajstić information content (AvgIpc) is 3.33. The van der Waals surface area contributed by atoms with Gasteiger partial charge in [-0.25, -0.2) is 9.97 Å². The molecule has 0 fully saturated rings. The van der Waals surface area contributed by atoms with Crippen LogP contribution in [0.4, 0.5) is 0 Å². The van der Waals surface area contributed by atoms with E-state index in [-0.39, 0.29) is 25.3 Å². The Morgan fingerprint density at radius 3 is 2.03 bits per heavy atom. The second-order valence-electron chi connectivity index (χ2n) is 6.53. The summed E-state index contributed by atoms with van der Waals surface area (Å²) in [7, 11) is 1.43. The molecule has 6 N–H and O–H groups in total. The Labute approximate surface area is 166 Å². The standard InChI is InChI=1S/C17H24N8O4/c1-10(26)23-14(4-12-6-20-9-22-12)17(29)25(2)7-15(27)24-13(16(18)28)3-11-5-19-8-21-11/h5-6,8-9,13-14H,3-4,7H2,1-2H3,(H2,18,28)(H,19,21)(H,20,22)(H,23,26)(H,24,27)/t13-,14-/m0/s1. The van der Waals surface area contributed by atoms with Gasteiger partial charge in [0.25, 0.3) is 0 Å². The Morgan fingerprint density at radius 2 is 1.59 bits per heavy atom. The predicted molar refractivity (Wildman–Crippen MR) is 101 cm³/mol. The molecule has 0 spiro atoms. The average molecular weight is 404 g/mol. The summed E-state index contributed by atoms with van der Waals surface area (Å²) < 4.78 is 0. The normalized spacial score (nSPS) is 12.6. The maximum Gasteiger partial charge on any atom is 0.245 e. The maximum atomic E-state index is 12.7. The molecular formula is C17H24N8O4. The van der Waals surface area contributed by atoms with Crippen LogP contribution in [-0.2, 0) is 32.0 Å². The van der Waals surface area contributed by atoms with Crippen molar-refractivity contribution in [2.75, 3.05) is 13.6 Å². The molecule has 0 saturated carbocycles. The lowest BCUT2D eigenvalue weighted by atomic mass is 10.1. The number of imidazole rings is 2. The van der Waals surface area contributed by atoms with Crippen molar-refractivity contribution in [2.24, 2.45) is 5.73 Å². The molecular weight excluding hydrogens is 380 g/mol. The number of hydrogen-bond acceptors (Lipinski definition) is 6. The van der Waals surface area contributed by atoms with E-state index in [0.717, 1.165) is 0 Å². The Bertz CT molecular complexity index is 834. The number of amides is 4. The van der Waals surface area contributed by atoms with Crippen molar-refractivity contribution in [1.82, 2.24) is 35.5 Å². The maximum absolute atomic E-state index is 12.7. The van der Waals surface area contributed by atoms with Crippen molar-refractivity contribution >= 4 is 23.6 Å². The van der Waals surface area contributed by atoms with Gasteiger partial charge in [-0.2, -0.15) is 0 Å². The Kier molecular flexibility index (Phi) is 7.46. The van der Waals surface area contributed by atoms with E-state index in [9.17, 15) is 19.2 Å². The van der Waals surface area contributed by atoms with Crippen LogP contribution >= 0.6 is 0 Å². The van der Waals surface area contributed by atoms with Crippen molar-refractivity contribution in [3.05, 3.63) is 36.4 Å². The molecule has 0 aliphatic carbocycles. The van der Waals surface area contributed by atoms with Crippen LogP contribution in [0, 0.1) is 0 Å². The first-order valence-corrected chi connectivity index (χ1v) is 8.81. The summed E-state index contributed by atoms with van der Waals surface area (Å²) in [5.41, 5.74) is 6.63. The monoisotopic (exact) mass is 404 g/mol. The fourth-order valence-electron chi connectivity index (χ4n) is 2.70. The van der Waals surface area contributed by atoms with Crippen molar-refractivity contribution < 1.29 is 19.2 Å². The Hall–Kier alpha value is -3.70. The lowest BCUT2D eigenvalue weighted by Gasteiger charge is -2.24. The highest BCUT2D eigenvalue weighted by Gasteiger charge is 2.26. The van der Waals surface area contributed by atoms with Crippen LogP contribution in [-0.4, -0.2) is 74.1 Å². The molecule has 156 valence electrons. The van der Waals surface area contributed by atoms with Crippen LogP contribution < -0.4 is 16.4 Å². The number of aromatic nitrogens is 4. The number of aromatic amines is 2. The lowest BCUT2D eigenvalue weighted by Crippen LogP contribution is -2.52. The van der Waals surface area contributed by atoms with Crippen molar-refractivity contribution in [1.29, 1.82) is 0 Å². The highest BCUT2D eigenvalue weighted by atomic mass is 16.2. The number of carbonyl (C=O) groups excluding carboxylic acids is 4. The zero-order valence-electron chi connectivity index (χ0n) is 16.1. The Morgan fingerprint density at radius 1 is 1.03 bits per heavy atom. The zero-order valence-corrected chi connectivity index (χ0v) is 16.1. The number of nitrogens with two attached hydrogens (primary N) is 1. The van der Waals surface area contributed by atoms with E-state index in [1.165, 1.54) is 37.7 Å². The SMILES string of the molecule is CC(=O)N[C@@H](Cc1cnc[nH]1)C(=O)N(C)CC(=O)N[C@@H](Cc1cnc[nH]1)C(N)=O. The quantitative estimate of drug-likeness (QED) is 0.301. The van der Waals surface area contributed by atoms with E-state index in [1.54, 1.807) is 6.20 Å². The zero-order chi connectivity index (χ0) is 21.4. The molecule has 0 aliphatic heterocycles. The van der Waals surface area contributed by atoms with Gasteiger partial charge in [0.1, 0.15) is 12.1 Å². The summed E-state index contributed by atoms with van der Waals surface area (Å²) in [5.74, 6) is -2.12. The second-order valence-corrected chi connectivity index (χ2v) is 6.53. The first kappa shape index (κ1) is 21.6.